The average Bonchev–Trinajstić information content (AvgIpc) is 2.99. The average molecular weight is 621 g/mol. The van der Waals surface area contributed by atoms with Gasteiger partial charge in [0.05, 0.1) is 9.85 Å². The van der Waals surface area contributed by atoms with Gasteiger partial charge in [0.25, 0.3) is 11.4 Å². The van der Waals surface area contributed by atoms with Crippen molar-refractivity contribution >= 4 is 56.5 Å². The van der Waals surface area contributed by atoms with Crippen LogP contribution in [0.4, 0.5) is 22.7 Å². The molecule has 0 atom stereocenters. The molecule has 0 unspecified atom stereocenters. The van der Waals surface area contributed by atoms with E-state index in [0.717, 1.165) is 33.3 Å². The number of nitro groups is 2. The first-order valence-corrected chi connectivity index (χ1v) is 14.3. The Bertz CT molecular complexity index is 1790. The predicted molar refractivity (Wildman–Crippen MR) is 168 cm³/mol. The molecule has 0 bridgehead atoms. The van der Waals surface area contributed by atoms with E-state index in [9.17, 15) is 29.8 Å². The Labute approximate surface area is 260 Å². The van der Waals surface area contributed by atoms with Gasteiger partial charge in [-0.05, 0) is 72.8 Å². The zero-order valence-corrected chi connectivity index (χ0v) is 24.8. The minimum absolute atomic E-state index is 0.0323. The van der Waals surface area contributed by atoms with E-state index >= 15 is 0 Å². The van der Waals surface area contributed by atoms with Gasteiger partial charge < -0.3 is 0 Å². The lowest BCUT2D eigenvalue weighted by Gasteiger charge is -2.00. The molecule has 0 aliphatic heterocycles. The summed E-state index contributed by atoms with van der Waals surface area (Å²) in [7, 11) is 0. The fourth-order valence-electron chi connectivity index (χ4n) is 3.60. The van der Waals surface area contributed by atoms with Crippen LogP contribution in [0.1, 0.15) is 36.1 Å². The van der Waals surface area contributed by atoms with Crippen LogP contribution in [0.25, 0.3) is 0 Å². The molecule has 0 aliphatic rings. The Hall–Kier alpha value is -5.56. The minimum atomic E-state index is -0.633. The van der Waals surface area contributed by atoms with Gasteiger partial charge in [0.2, 0.25) is 0 Å². The van der Waals surface area contributed by atoms with Crippen LogP contribution in [0.2, 0.25) is 0 Å². The first-order chi connectivity index (χ1) is 21.1. The molecule has 0 fully saturated rings. The fourth-order valence-corrected chi connectivity index (χ4v) is 4.81. The Morgan fingerprint density at radius 1 is 0.568 bits per heavy atom. The van der Waals surface area contributed by atoms with Crippen molar-refractivity contribution in [1.82, 2.24) is 0 Å². The topological polar surface area (TPSA) is 145 Å². The van der Waals surface area contributed by atoms with Gasteiger partial charge in [0.1, 0.15) is 0 Å². The van der Waals surface area contributed by atoms with Crippen molar-refractivity contribution < 1.29 is 19.4 Å². The zero-order valence-electron chi connectivity index (χ0n) is 23.1. The van der Waals surface area contributed by atoms with Gasteiger partial charge in [-0.15, -0.1) is 10.2 Å². The molecule has 0 aliphatic carbocycles. The maximum absolute atomic E-state index is 11.7. The summed E-state index contributed by atoms with van der Waals surface area (Å²) < 4.78 is 0. The second kappa shape index (κ2) is 14.6. The molecule has 4 aromatic carbocycles. The largest absolute Gasteiger partial charge is 0.297 e. The molecular weight excluding hydrogens is 601 g/mol. The van der Waals surface area contributed by atoms with Gasteiger partial charge in [-0.1, -0.05) is 47.2 Å². The molecule has 0 heterocycles. The van der Waals surface area contributed by atoms with E-state index in [1.807, 2.05) is 0 Å². The second-order valence-corrected chi connectivity index (χ2v) is 11.4. The molecule has 4 rings (SSSR count). The number of carbonyl (C=O) groups excluding carboxylic acids is 2. The van der Waals surface area contributed by atoms with Crippen LogP contribution in [0.15, 0.2) is 105 Å². The number of hydrogen-bond acceptors (Lipinski definition) is 10. The summed E-state index contributed by atoms with van der Waals surface area (Å²) in [4.78, 5) is 46.3. The van der Waals surface area contributed by atoms with E-state index in [1.54, 1.807) is 48.5 Å². The second-order valence-electron chi connectivity index (χ2n) is 8.86. The van der Waals surface area contributed by atoms with Crippen LogP contribution in [-0.2, 0) is 9.59 Å². The van der Waals surface area contributed by atoms with Gasteiger partial charge in [-0.25, -0.2) is 0 Å². The number of nitrogens with zero attached hydrogens (tertiary/aromatic N) is 4. The third-order valence-electron chi connectivity index (χ3n) is 5.54. The highest BCUT2D eigenvalue weighted by Gasteiger charge is 2.17. The first kappa shape index (κ1) is 31.4. The molecule has 44 heavy (non-hydrogen) atoms. The van der Waals surface area contributed by atoms with Crippen molar-refractivity contribution in [2.24, 2.45) is 10.2 Å². The Morgan fingerprint density at radius 3 is 1.20 bits per heavy atom. The van der Waals surface area contributed by atoms with E-state index in [0.29, 0.717) is 22.3 Å². The molecule has 12 heteroatoms. The highest BCUT2D eigenvalue weighted by molar-refractivity contribution is 8.13. The molecule has 0 saturated carbocycles. The van der Waals surface area contributed by atoms with Crippen LogP contribution in [0, 0.1) is 43.9 Å². The van der Waals surface area contributed by atoms with Gasteiger partial charge in [-0.2, -0.15) is 0 Å². The summed E-state index contributed by atoms with van der Waals surface area (Å²) >= 11 is 2.21. The summed E-state index contributed by atoms with van der Waals surface area (Å²) in [5.74, 6) is 11.6. The summed E-state index contributed by atoms with van der Waals surface area (Å²) in [6, 6.07) is 22.3. The molecule has 216 valence electrons. The number of thioether (sulfide) groups is 2. The van der Waals surface area contributed by atoms with E-state index < -0.39 is 9.85 Å². The van der Waals surface area contributed by atoms with Crippen LogP contribution < -0.4 is 0 Å². The number of carbonyl (C=O) groups is 2. The van der Waals surface area contributed by atoms with Crippen LogP contribution >= 0.6 is 23.5 Å². The highest BCUT2D eigenvalue weighted by atomic mass is 32.2. The van der Waals surface area contributed by atoms with Crippen molar-refractivity contribution in [1.29, 1.82) is 0 Å². The number of benzene rings is 4. The van der Waals surface area contributed by atoms with Crippen molar-refractivity contribution in [3.8, 4) is 23.7 Å². The summed E-state index contributed by atoms with van der Waals surface area (Å²) in [5.41, 5.74) is 1.10. The smallest absolute Gasteiger partial charge is 0.287 e. The predicted octanol–water partition coefficient (Wildman–Crippen LogP) is 8.00. The summed E-state index contributed by atoms with van der Waals surface area (Å²) in [6.07, 6.45) is 0. The first-order valence-electron chi connectivity index (χ1n) is 12.7. The monoisotopic (exact) mass is 620 g/mol. The van der Waals surface area contributed by atoms with Gasteiger partial charge in [0.15, 0.2) is 21.6 Å². The number of rotatable bonds is 6. The molecule has 0 N–H and O–H groups in total. The maximum atomic E-state index is 11.7. The fraction of sp³-hybridized carbons (Fsp3) is 0.0625. The van der Waals surface area contributed by atoms with E-state index in [2.05, 4.69) is 33.9 Å². The minimum Gasteiger partial charge on any atom is -0.287 e. The highest BCUT2D eigenvalue weighted by Crippen LogP contribution is 2.33. The maximum Gasteiger partial charge on any atom is 0.297 e. The van der Waals surface area contributed by atoms with Gasteiger partial charge in [0, 0.05) is 58.0 Å². The lowest BCUT2D eigenvalue weighted by Crippen LogP contribution is -1.91. The van der Waals surface area contributed by atoms with E-state index in [1.165, 1.54) is 50.2 Å². The van der Waals surface area contributed by atoms with Crippen LogP contribution in [0.3, 0.4) is 0 Å². The lowest BCUT2D eigenvalue weighted by atomic mass is 10.1. The van der Waals surface area contributed by atoms with Crippen LogP contribution in [0.5, 0.6) is 0 Å². The van der Waals surface area contributed by atoms with Crippen molar-refractivity contribution in [3.05, 3.63) is 127 Å². The van der Waals surface area contributed by atoms with Crippen molar-refractivity contribution in [2.75, 3.05) is 0 Å². The van der Waals surface area contributed by atoms with Crippen molar-refractivity contribution in [2.45, 2.75) is 23.6 Å². The van der Waals surface area contributed by atoms with E-state index in [4.69, 9.17) is 0 Å². The third kappa shape index (κ3) is 8.97. The lowest BCUT2D eigenvalue weighted by molar-refractivity contribution is -0.384. The normalized spacial score (nSPS) is 10.3. The summed E-state index contributed by atoms with van der Waals surface area (Å²) in [5, 5.41) is 31.3. The number of azo groups is 1. The zero-order chi connectivity index (χ0) is 31.6. The third-order valence-corrected chi connectivity index (χ3v) is 7.13. The quantitative estimate of drug-likeness (QED) is 0.0693. The summed E-state index contributed by atoms with van der Waals surface area (Å²) in [6.45, 7) is 2.95. The van der Waals surface area contributed by atoms with Gasteiger partial charge in [-0.3, -0.25) is 29.8 Å². The SMILES string of the molecule is CC(=O)Sc1ccc(C#Cc2ccc(N=Nc3ccc(C#Cc4ccc(SC(C)=O)cc4)cc3[N+](=O)[O-])c([N+](=O)[O-])c2)cc1. The van der Waals surface area contributed by atoms with Crippen LogP contribution in [-0.4, -0.2) is 20.1 Å². The molecule has 4 aromatic rings. The molecule has 0 radical (unpaired) electrons. The molecular formula is C32H20N4O6S2. The van der Waals surface area contributed by atoms with Gasteiger partial charge >= 0.3 is 0 Å². The molecule has 10 nitrogen and oxygen atoms in total. The standard InChI is InChI=1S/C32H20N4O6S2/c1-21(37)43-27-13-7-23(8-14-27)3-5-25-11-17-29(31(19-25)35(39)40)33-34-30-18-12-26(20-32(30)36(41)42)6-4-24-9-15-28(16-10-24)44-22(2)38/h7-20H,1-2H3. The van der Waals surface area contributed by atoms with E-state index in [-0.39, 0.29) is 33.0 Å². The Morgan fingerprint density at radius 2 is 0.886 bits per heavy atom. The number of nitro benzene ring substituents is 2. The molecule has 0 spiro atoms. The molecule has 0 amide bonds. The molecule has 0 saturated heterocycles. The Balaban J connectivity index is 1.54. The Kier molecular flexibility index (Phi) is 10.4. The molecule has 0 aromatic heterocycles. The number of hydrogen-bond donors (Lipinski definition) is 0. The van der Waals surface area contributed by atoms with Crippen molar-refractivity contribution in [3.63, 3.8) is 0 Å².